The van der Waals surface area contributed by atoms with Crippen molar-refractivity contribution in [2.75, 3.05) is 26.7 Å². The predicted octanol–water partition coefficient (Wildman–Crippen LogP) is 4.06. The van der Waals surface area contributed by atoms with Crippen molar-refractivity contribution in [2.45, 2.75) is 64.2 Å². The maximum atomic E-state index is 13.0. The highest BCUT2D eigenvalue weighted by Gasteiger charge is 2.26. The van der Waals surface area contributed by atoms with Crippen molar-refractivity contribution >= 4 is 15.9 Å². The Hall–Kier alpha value is -1.60. The smallest absolute Gasteiger partial charge is 0.257 e. The molecule has 0 saturated carbocycles. The Kier molecular flexibility index (Phi) is 8.96. The lowest BCUT2D eigenvalue weighted by atomic mass is 9.98. The van der Waals surface area contributed by atoms with Gasteiger partial charge in [0, 0.05) is 19.6 Å². The molecule has 1 aliphatic rings. The second kappa shape index (κ2) is 11.0. The fraction of sp³-hybridized carbons (Fsp3) is 0.682. The zero-order valence-electron chi connectivity index (χ0n) is 18.2. The molecule has 0 aromatic heterocycles. The maximum absolute atomic E-state index is 13.0. The SMILES string of the molecule is CCCC[C@H](CC)CNS(=O)(=O)c1ccc(OC)c(C(=O)N2CCC(C)CC2)c1. The molecule has 1 aromatic rings. The fourth-order valence-electron chi connectivity index (χ4n) is 3.66. The van der Waals surface area contributed by atoms with Crippen LogP contribution in [0.4, 0.5) is 0 Å². The van der Waals surface area contributed by atoms with Gasteiger partial charge in [0.05, 0.1) is 17.6 Å². The van der Waals surface area contributed by atoms with E-state index in [0.29, 0.717) is 42.8 Å². The summed E-state index contributed by atoms with van der Waals surface area (Å²) in [7, 11) is -2.19. The summed E-state index contributed by atoms with van der Waals surface area (Å²) in [6.07, 6.45) is 6.06. The second-order valence-corrected chi connectivity index (χ2v) is 9.87. The number of methoxy groups -OCH3 is 1. The number of benzene rings is 1. The van der Waals surface area contributed by atoms with Gasteiger partial charge in [0.15, 0.2) is 0 Å². The number of ether oxygens (including phenoxy) is 1. The third kappa shape index (κ3) is 6.44. The third-order valence-corrected chi connectivity index (χ3v) is 7.31. The Balaban J connectivity index is 2.18. The molecule has 1 heterocycles. The van der Waals surface area contributed by atoms with E-state index >= 15 is 0 Å². The molecule has 1 atom stereocenters. The largest absolute Gasteiger partial charge is 0.496 e. The Labute approximate surface area is 176 Å². The van der Waals surface area contributed by atoms with E-state index in [1.807, 2.05) is 0 Å². The van der Waals surface area contributed by atoms with Gasteiger partial charge in [-0.3, -0.25) is 4.79 Å². The topological polar surface area (TPSA) is 75.7 Å². The molecule has 1 saturated heterocycles. The molecule has 0 radical (unpaired) electrons. The number of rotatable bonds is 10. The Bertz CT molecular complexity index is 771. The predicted molar refractivity (Wildman–Crippen MR) is 116 cm³/mol. The molecular formula is C22H36N2O4S. The van der Waals surface area contributed by atoms with E-state index in [4.69, 9.17) is 4.74 Å². The molecular weight excluding hydrogens is 388 g/mol. The summed E-state index contributed by atoms with van der Waals surface area (Å²) in [5.41, 5.74) is 0.308. The van der Waals surface area contributed by atoms with Crippen LogP contribution in [0.5, 0.6) is 5.75 Å². The monoisotopic (exact) mass is 424 g/mol. The van der Waals surface area contributed by atoms with Gasteiger partial charge in [0.1, 0.15) is 5.75 Å². The quantitative estimate of drug-likeness (QED) is 0.614. The molecule has 1 amide bonds. The normalized spacial score (nSPS) is 16.6. The molecule has 7 heteroatoms. The number of nitrogens with zero attached hydrogens (tertiary/aromatic N) is 1. The number of hydrogen-bond donors (Lipinski definition) is 1. The van der Waals surface area contributed by atoms with Crippen molar-refractivity contribution in [3.8, 4) is 5.75 Å². The molecule has 2 rings (SSSR count). The van der Waals surface area contributed by atoms with E-state index in [-0.39, 0.29) is 10.8 Å². The fourth-order valence-corrected chi connectivity index (χ4v) is 4.80. The second-order valence-electron chi connectivity index (χ2n) is 8.11. The van der Waals surface area contributed by atoms with E-state index < -0.39 is 10.0 Å². The number of nitrogens with one attached hydrogen (secondary N) is 1. The Morgan fingerprint density at radius 2 is 1.97 bits per heavy atom. The Morgan fingerprint density at radius 1 is 1.28 bits per heavy atom. The number of hydrogen-bond acceptors (Lipinski definition) is 4. The summed E-state index contributed by atoms with van der Waals surface area (Å²) in [6.45, 7) is 8.19. The van der Waals surface area contributed by atoms with Gasteiger partial charge < -0.3 is 9.64 Å². The number of likely N-dealkylation sites (tertiary alicyclic amines) is 1. The highest BCUT2D eigenvalue weighted by molar-refractivity contribution is 7.89. The number of sulfonamides is 1. The van der Waals surface area contributed by atoms with Crippen LogP contribution in [-0.2, 0) is 10.0 Å². The zero-order valence-corrected chi connectivity index (χ0v) is 19.1. The summed E-state index contributed by atoms with van der Waals surface area (Å²) in [5, 5.41) is 0. The molecule has 29 heavy (non-hydrogen) atoms. The van der Waals surface area contributed by atoms with Crippen molar-refractivity contribution in [1.82, 2.24) is 9.62 Å². The van der Waals surface area contributed by atoms with E-state index in [1.165, 1.54) is 19.2 Å². The van der Waals surface area contributed by atoms with E-state index in [2.05, 4.69) is 25.5 Å². The molecule has 0 aliphatic carbocycles. The lowest BCUT2D eigenvalue weighted by Crippen LogP contribution is -2.38. The minimum atomic E-state index is -3.69. The molecule has 6 nitrogen and oxygen atoms in total. The Morgan fingerprint density at radius 3 is 2.55 bits per heavy atom. The van der Waals surface area contributed by atoms with E-state index in [0.717, 1.165) is 38.5 Å². The molecule has 1 N–H and O–H groups in total. The van der Waals surface area contributed by atoms with Crippen LogP contribution in [-0.4, -0.2) is 46.0 Å². The number of unbranched alkanes of at least 4 members (excludes halogenated alkanes) is 1. The van der Waals surface area contributed by atoms with Gasteiger partial charge in [-0.15, -0.1) is 0 Å². The third-order valence-electron chi connectivity index (χ3n) is 5.89. The van der Waals surface area contributed by atoms with Crippen LogP contribution >= 0.6 is 0 Å². The van der Waals surface area contributed by atoms with Gasteiger partial charge in [-0.05, 0) is 49.3 Å². The molecule has 164 valence electrons. The van der Waals surface area contributed by atoms with Crippen molar-refractivity contribution in [1.29, 1.82) is 0 Å². The standard InChI is InChI=1S/C22H36N2O4S/c1-5-7-8-18(6-2)16-23-29(26,27)19-9-10-21(28-4)20(15-19)22(25)24-13-11-17(3)12-14-24/h9-10,15,17-18,23H,5-8,11-14,16H2,1-4H3/t18-/m0/s1. The maximum Gasteiger partial charge on any atom is 0.257 e. The van der Waals surface area contributed by atoms with Gasteiger partial charge in [-0.2, -0.15) is 0 Å². The van der Waals surface area contributed by atoms with Crippen LogP contribution in [0.15, 0.2) is 23.1 Å². The van der Waals surface area contributed by atoms with Crippen molar-refractivity contribution < 1.29 is 17.9 Å². The van der Waals surface area contributed by atoms with Crippen LogP contribution in [0.25, 0.3) is 0 Å². The molecule has 1 fully saturated rings. The van der Waals surface area contributed by atoms with Gasteiger partial charge in [-0.1, -0.05) is 40.0 Å². The van der Waals surface area contributed by atoms with Crippen LogP contribution in [0, 0.1) is 11.8 Å². The van der Waals surface area contributed by atoms with E-state index in [9.17, 15) is 13.2 Å². The minimum absolute atomic E-state index is 0.109. The molecule has 0 spiro atoms. The van der Waals surface area contributed by atoms with Crippen molar-refractivity contribution in [2.24, 2.45) is 11.8 Å². The first-order valence-electron chi connectivity index (χ1n) is 10.8. The summed E-state index contributed by atoms with van der Waals surface area (Å²) in [4.78, 5) is 14.9. The number of carbonyl (C=O) groups excluding carboxylic acids is 1. The van der Waals surface area contributed by atoms with Crippen molar-refractivity contribution in [3.05, 3.63) is 23.8 Å². The number of carbonyl (C=O) groups is 1. The lowest BCUT2D eigenvalue weighted by Gasteiger charge is -2.30. The van der Waals surface area contributed by atoms with Gasteiger partial charge in [0.2, 0.25) is 10.0 Å². The van der Waals surface area contributed by atoms with Gasteiger partial charge >= 0.3 is 0 Å². The van der Waals surface area contributed by atoms with Crippen LogP contribution < -0.4 is 9.46 Å². The van der Waals surface area contributed by atoms with Gasteiger partial charge in [0.25, 0.3) is 5.91 Å². The molecule has 1 aliphatic heterocycles. The summed E-state index contributed by atoms with van der Waals surface area (Å²) in [6, 6.07) is 4.53. The van der Waals surface area contributed by atoms with Gasteiger partial charge in [-0.25, -0.2) is 13.1 Å². The van der Waals surface area contributed by atoms with E-state index in [1.54, 1.807) is 11.0 Å². The van der Waals surface area contributed by atoms with Crippen molar-refractivity contribution in [3.63, 3.8) is 0 Å². The molecule has 0 bridgehead atoms. The first-order valence-corrected chi connectivity index (χ1v) is 12.3. The summed E-state index contributed by atoms with van der Waals surface area (Å²) >= 11 is 0. The molecule has 0 unspecified atom stereocenters. The highest BCUT2D eigenvalue weighted by Crippen LogP contribution is 2.26. The highest BCUT2D eigenvalue weighted by atomic mass is 32.2. The first kappa shape index (κ1) is 23.7. The van der Waals surface area contributed by atoms with Crippen LogP contribution in [0.3, 0.4) is 0 Å². The average Bonchev–Trinajstić information content (AvgIpc) is 2.73. The van der Waals surface area contributed by atoms with Crippen LogP contribution in [0.2, 0.25) is 0 Å². The summed E-state index contributed by atoms with van der Waals surface area (Å²) < 4.78 is 33.8. The number of amides is 1. The number of piperidine rings is 1. The minimum Gasteiger partial charge on any atom is -0.496 e. The zero-order chi connectivity index (χ0) is 21.4. The molecule has 1 aromatic carbocycles. The first-order chi connectivity index (χ1) is 13.8. The van der Waals surface area contributed by atoms with Crippen LogP contribution in [0.1, 0.15) is 69.7 Å². The summed E-state index contributed by atoms with van der Waals surface area (Å²) in [5.74, 6) is 1.16. The average molecular weight is 425 g/mol. The lowest BCUT2D eigenvalue weighted by molar-refractivity contribution is 0.0693.